The van der Waals surface area contributed by atoms with E-state index in [0.717, 1.165) is 24.1 Å². The first-order valence-electron chi connectivity index (χ1n) is 10.1. The van der Waals surface area contributed by atoms with Gasteiger partial charge in [0.15, 0.2) is 5.58 Å². The Bertz CT molecular complexity index is 1020. The summed E-state index contributed by atoms with van der Waals surface area (Å²) in [5, 5.41) is 4.02. The van der Waals surface area contributed by atoms with Crippen molar-refractivity contribution in [2.75, 3.05) is 26.2 Å². The van der Waals surface area contributed by atoms with Crippen LogP contribution in [0.15, 0.2) is 39.3 Å². The van der Waals surface area contributed by atoms with Gasteiger partial charge in [-0.3, -0.25) is 9.59 Å². The van der Waals surface area contributed by atoms with Gasteiger partial charge in [0.1, 0.15) is 11.9 Å². The van der Waals surface area contributed by atoms with Gasteiger partial charge in [0, 0.05) is 38.2 Å². The van der Waals surface area contributed by atoms with E-state index in [1.807, 2.05) is 24.3 Å². The predicted octanol–water partition coefficient (Wildman–Crippen LogP) is 2.61. The third kappa shape index (κ3) is 3.74. The summed E-state index contributed by atoms with van der Waals surface area (Å²) in [6.45, 7) is 2.14. The number of oxazole rings is 1. The molecule has 1 aliphatic carbocycles. The highest BCUT2D eigenvalue weighted by atomic mass is 16.5. The van der Waals surface area contributed by atoms with Crippen molar-refractivity contribution in [1.82, 2.24) is 19.9 Å². The molecule has 3 heterocycles. The fourth-order valence-corrected chi connectivity index (χ4v) is 3.72. The molecule has 29 heavy (non-hydrogen) atoms. The lowest BCUT2D eigenvalue weighted by Gasteiger charge is -2.21. The molecule has 0 N–H and O–H groups in total. The summed E-state index contributed by atoms with van der Waals surface area (Å²) < 4.78 is 10.9. The van der Waals surface area contributed by atoms with Gasteiger partial charge in [0.2, 0.25) is 17.6 Å². The van der Waals surface area contributed by atoms with Crippen molar-refractivity contribution < 1.29 is 18.5 Å². The van der Waals surface area contributed by atoms with Gasteiger partial charge in [-0.15, -0.1) is 0 Å². The second-order valence-corrected chi connectivity index (χ2v) is 7.67. The molecule has 0 bridgehead atoms. The van der Waals surface area contributed by atoms with Gasteiger partial charge >= 0.3 is 0 Å². The highest BCUT2D eigenvalue weighted by molar-refractivity contribution is 5.91. The Morgan fingerprint density at radius 1 is 1.07 bits per heavy atom. The zero-order valence-electron chi connectivity index (χ0n) is 16.0. The van der Waals surface area contributed by atoms with Crippen molar-refractivity contribution in [2.24, 2.45) is 0 Å². The molecule has 2 fully saturated rings. The Balaban J connectivity index is 1.20. The van der Waals surface area contributed by atoms with Crippen LogP contribution < -0.4 is 0 Å². The lowest BCUT2D eigenvalue weighted by molar-refractivity contribution is -0.130. The molecule has 2 aromatic heterocycles. The van der Waals surface area contributed by atoms with Crippen molar-refractivity contribution in [2.45, 2.75) is 31.6 Å². The van der Waals surface area contributed by atoms with Crippen molar-refractivity contribution in [3.63, 3.8) is 0 Å². The number of carbonyl (C=O) groups is 2. The molecule has 0 unspecified atom stereocenters. The van der Waals surface area contributed by atoms with Crippen LogP contribution in [0.4, 0.5) is 0 Å². The van der Waals surface area contributed by atoms with E-state index in [9.17, 15) is 9.59 Å². The van der Waals surface area contributed by atoms with Crippen molar-refractivity contribution in [3.8, 4) is 0 Å². The number of para-hydroxylation sites is 2. The molecule has 0 atom stereocenters. The normalized spacial score (nSPS) is 17.5. The molecular formula is C21H22N4O4. The lowest BCUT2D eigenvalue weighted by atomic mass is 10.2. The van der Waals surface area contributed by atoms with E-state index in [1.165, 1.54) is 0 Å². The highest BCUT2D eigenvalue weighted by Crippen LogP contribution is 2.39. The third-order valence-corrected chi connectivity index (χ3v) is 5.51. The number of amides is 2. The molecular weight excluding hydrogens is 372 g/mol. The molecule has 1 saturated carbocycles. The minimum Gasteiger partial charge on any atom is -0.440 e. The van der Waals surface area contributed by atoms with Gasteiger partial charge in [-0.05, 0) is 31.4 Å². The van der Waals surface area contributed by atoms with Crippen LogP contribution in [0, 0.1) is 0 Å². The largest absolute Gasteiger partial charge is 0.440 e. The van der Waals surface area contributed by atoms with E-state index in [-0.39, 0.29) is 24.0 Å². The Hall–Kier alpha value is -3.16. The maximum absolute atomic E-state index is 12.7. The van der Waals surface area contributed by atoms with Crippen LogP contribution in [-0.4, -0.2) is 57.9 Å². The average molecular weight is 394 g/mol. The van der Waals surface area contributed by atoms with E-state index in [0.29, 0.717) is 50.0 Å². The summed E-state index contributed by atoms with van der Waals surface area (Å²) in [4.78, 5) is 33.4. The Labute approximate surface area is 167 Å². The number of aromatic nitrogens is 2. The summed E-state index contributed by atoms with van der Waals surface area (Å²) in [5.41, 5.74) is 2.31. The van der Waals surface area contributed by atoms with Gasteiger partial charge in [-0.2, -0.15) is 0 Å². The zero-order chi connectivity index (χ0) is 19.8. The Kier molecular flexibility index (Phi) is 4.54. The van der Waals surface area contributed by atoms with Crippen LogP contribution >= 0.6 is 0 Å². The minimum atomic E-state index is -0.155. The smallest absolute Gasteiger partial charge is 0.292 e. The van der Waals surface area contributed by atoms with Crippen LogP contribution in [0.5, 0.6) is 0 Å². The lowest BCUT2D eigenvalue weighted by Crippen LogP contribution is -2.37. The number of fused-ring (bicyclic) bond motifs is 1. The maximum atomic E-state index is 12.7. The van der Waals surface area contributed by atoms with Gasteiger partial charge in [0.25, 0.3) is 5.91 Å². The van der Waals surface area contributed by atoms with Crippen molar-refractivity contribution >= 4 is 22.9 Å². The van der Waals surface area contributed by atoms with Crippen molar-refractivity contribution in [3.05, 3.63) is 47.7 Å². The molecule has 8 nitrogen and oxygen atoms in total. The average Bonchev–Trinajstić information content (AvgIpc) is 3.39. The molecule has 1 aromatic carbocycles. The summed E-state index contributed by atoms with van der Waals surface area (Å²) in [6.07, 6.45) is 3.06. The number of carbonyl (C=O) groups excluding carboxylic acids is 2. The van der Waals surface area contributed by atoms with Crippen LogP contribution in [0.3, 0.4) is 0 Å². The van der Waals surface area contributed by atoms with E-state index in [1.54, 1.807) is 15.9 Å². The van der Waals surface area contributed by atoms with Crippen LogP contribution in [0.25, 0.3) is 11.1 Å². The third-order valence-electron chi connectivity index (χ3n) is 5.51. The predicted molar refractivity (Wildman–Crippen MR) is 103 cm³/mol. The minimum absolute atomic E-state index is 0.0402. The number of hydrogen-bond donors (Lipinski definition) is 0. The molecule has 2 aliphatic rings. The molecule has 0 spiro atoms. The van der Waals surface area contributed by atoms with E-state index >= 15 is 0 Å². The van der Waals surface area contributed by atoms with Crippen molar-refractivity contribution in [1.29, 1.82) is 0 Å². The standard InChI is InChI=1S/C21H22N4O4/c26-20(13-19-22-15-4-1-2-5-17(15)28-19)24-8-3-9-25(11-10-24)21(27)18-12-16(23-29-18)14-6-7-14/h1-2,4-5,12,14H,3,6-11,13H2. The molecule has 3 aromatic rings. The molecule has 0 radical (unpaired) electrons. The molecule has 1 aliphatic heterocycles. The molecule has 2 amide bonds. The fourth-order valence-electron chi connectivity index (χ4n) is 3.72. The topological polar surface area (TPSA) is 92.7 Å². The first-order valence-corrected chi connectivity index (χ1v) is 10.1. The van der Waals surface area contributed by atoms with Gasteiger partial charge < -0.3 is 18.7 Å². The van der Waals surface area contributed by atoms with E-state index in [2.05, 4.69) is 10.1 Å². The summed E-state index contributed by atoms with van der Waals surface area (Å²) >= 11 is 0. The Morgan fingerprint density at radius 2 is 1.86 bits per heavy atom. The number of nitrogens with zero attached hydrogens (tertiary/aromatic N) is 4. The molecule has 1 saturated heterocycles. The monoisotopic (exact) mass is 394 g/mol. The highest BCUT2D eigenvalue weighted by Gasteiger charge is 2.30. The van der Waals surface area contributed by atoms with Gasteiger partial charge in [0.05, 0.1) is 5.69 Å². The second-order valence-electron chi connectivity index (χ2n) is 7.67. The van der Waals surface area contributed by atoms with Gasteiger partial charge in [-0.1, -0.05) is 17.3 Å². The maximum Gasteiger partial charge on any atom is 0.292 e. The summed E-state index contributed by atoms with van der Waals surface area (Å²) in [5.74, 6) is 0.962. The first-order chi connectivity index (χ1) is 14.2. The quantitative estimate of drug-likeness (QED) is 0.675. The van der Waals surface area contributed by atoms with E-state index in [4.69, 9.17) is 8.94 Å². The molecule has 8 heteroatoms. The van der Waals surface area contributed by atoms with E-state index < -0.39 is 0 Å². The second kappa shape index (κ2) is 7.35. The number of benzene rings is 1. The number of rotatable bonds is 4. The first kappa shape index (κ1) is 17.9. The van der Waals surface area contributed by atoms with Crippen LogP contribution in [0.1, 0.15) is 47.3 Å². The molecule has 150 valence electrons. The SMILES string of the molecule is O=C(Cc1nc2ccccc2o1)N1CCCN(C(=O)c2cc(C3CC3)no2)CC1. The van der Waals surface area contributed by atoms with Crippen LogP contribution in [-0.2, 0) is 11.2 Å². The zero-order valence-corrected chi connectivity index (χ0v) is 16.0. The summed E-state index contributed by atoms with van der Waals surface area (Å²) in [6, 6.07) is 9.23. The fraction of sp³-hybridized carbons (Fsp3) is 0.429. The molecule has 5 rings (SSSR count). The van der Waals surface area contributed by atoms with Gasteiger partial charge in [-0.25, -0.2) is 4.98 Å². The van der Waals surface area contributed by atoms with Crippen LogP contribution in [0.2, 0.25) is 0 Å². The Morgan fingerprint density at radius 3 is 2.69 bits per heavy atom. The summed E-state index contributed by atoms with van der Waals surface area (Å²) in [7, 11) is 0. The number of hydrogen-bond acceptors (Lipinski definition) is 6.